The molecular formula is C65H40N4O. The van der Waals surface area contributed by atoms with E-state index in [1.807, 2.05) is 12.1 Å². The summed E-state index contributed by atoms with van der Waals surface area (Å²) in [7, 11) is 0. The van der Waals surface area contributed by atoms with Gasteiger partial charge in [-0.25, -0.2) is 15.0 Å². The number of aromatic nitrogens is 4. The summed E-state index contributed by atoms with van der Waals surface area (Å²) in [6.07, 6.45) is 0. The van der Waals surface area contributed by atoms with Gasteiger partial charge in [0, 0.05) is 71.2 Å². The van der Waals surface area contributed by atoms with Crippen molar-refractivity contribution in [3.63, 3.8) is 0 Å². The molecule has 0 aliphatic heterocycles. The first kappa shape index (κ1) is 39.7. The predicted molar refractivity (Wildman–Crippen MR) is 289 cm³/mol. The van der Waals surface area contributed by atoms with Gasteiger partial charge in [-0.2, -0.15) is 0 Å². The molecule has 4 aromatic heterocycles. The number of hydrogen-bond donors (Lipinski definition) is 0. The maximum atomic E-state index is 6.71. The second kappa shape index (κ2) is 16.1. The lowest BCUT2D eigenvalue weighted by atomic mass is 9.88. The standard InChI is InChI=1S/C65H40N4O/c1-3-18-41(19-4-1)55-40-56(68-65(67-55)47-26-17-27-48(38-47)69-57-33-12-8-28-49(57)50-29-9-13-34-58(50)69)45-24-15-22-43(36-45)44-23-16-25-46(37-44)61-62-51-30-7-11-32-54(51)66-64(42-20-5-2-6-21-42)53(62)39-60-63(61)52-31-10-14-35-59(52)70-60/h1-40H. The molecule has 10 aromatic carbocycles. The fraction of sp³-hybridized carbons (Fsp3) is 0. The van der Waals surface area contributed by atoms with Crippen molar-refractivity contribution >= 4 is 65.4 Å². The van der Waals surface area contributed by atoms with E-state index in [2.05, 4.69) is 235 Å². The van der Waals surface area contributed by atoms with Crippen molar-refractivity contribution < 1.29 is 4.42 Å². The van der Waals surface area contributed by atoms with E-state index in [-0.39, 0.29) is 0 Å². The van der Waals surface area contributed by atoms with Crippen molar-refractivity contribution in [2.75, 3.05) is 0 Å². The summed E-state index contributed by atoms with van der Waals surface area (Å²) in [5.41, 5.74) is 17.1. The number of benzene rings is 10. The lowest BCUT2D eigenvalue weighted by molar-refractivity contribution is 0.669. The van der Waals surface area contributed by atoms with Gasteiger partial charge in [0.1, 0.15) is 11.2 Å². The zero-order chi connectivity index (χ0) is 46.1. The molecule has 14 aromatic rings. The summed E-state index contributed by atoms with van der Waals surface area (Å²) in [6, 6.07) is 85.5. The Balaban J connectivity index is 0.936. The lowest BCUT2D eigenvalue weighted by Crippen LogP contribution is -1.98. The van der Waals surface area contributed by atoms with Crippen LogP contribution in [0.1, 0.15) is 0 Å². The highest BCUT2D eigenvalue weighted by molar-refractivity contribution is 6.28. The molecule has 5 nitrogen and oxygen atoms in total. The first-order valence-corrected chi connectivity index (χ1v) is 23.7. The van der Waals surface area contributed by atoms with Gasteiger partial charge in [-0.1, -0.05) is 182 Å². The maximum Gasteiger partial charge on any atom is 0.160 e. The van der Waals surface area contributed by atoms with Gasteiger partial charge in [-0.3, -0.25) is 0 Å². The van der Waals surface area contributed by atoms with Crippen molar-refractivity contribution in [3.05, 3.63) is 243 Å². The van der Waals surface area contributed by atoms with Crippen LogP contribution in [0.5, 0.6) is 0 Å². The van der Waals surface area contributed by atoms with Gasteiger partial charge in [-0.15, -0.1) is 0 Å². The molecule has 0 N–H and O–H groups in total. The normalized spacial score (nSPS) is 11.7. The van der Waals surface area contributed by atoms with Gasteiger partial charge in [0.15, 0.2) is 5.82 Å². The highest BCUT2D eigenvalue weighted by atomic mass is 16.3. The van der Waals surface area contributed by atoms with Crippen molar-refractivity contribution in [1.82, 2.24) is 19.5 Å². The van der Waals surface area contributed by atoms with E-state index in [0.717, 1.165) is 122 Å². The van der Waals surface area contributed by atoms with Crippen molar-refractivity contribution in [2.24, 2.45) is 0 Å². The third kappa shape index (κ3) is 6.51. The fourth-order valence-corrected chi connectivity index (χ4v) is 10.6. The fourth-order valence-electron chi connectivity index (χ4n) is 10.6. The highest BCUT2D eigenvalue weighted by Gasteiger charge is 2.22. The van der Waals surface area contributed by atoms with Gasteiger partial charge in [0.05, 0.1) is 33.6 Å². The Morgan fingerprint density at radius 3 is 1.60 bits per heavy atom. The van der Waals surface area contributed by atoms with E-state index < -0.39 is 0 Å². The van der Waals surface area contributed by atoms with Crippen LogP contribution in [0, 0.1) is 0 Å². The average molecular weight is 893 g/mol. The van der Waals surface area contributed by atoms with Crippen molar-refractivity contribution in [1.29, 1.82) is 0 Å². The molecule has 0 saturated carbocycles. The largest absolute Gasteiger partial charge is 0.456 e. The summed E-state index contributed by atoms with van der Waals surface area (Å²) < 4.78 is 9.05. The third-order valence-corrected chi connectivity index (χ3v) is 13.8. The van der Waals surface area contributed by atoms with E-state index in [0.29, 0.717) is 5.82 Å². The Kier molecular flexibility index (Phi) is 9.14. The molecule has 326 valence electrons. The van der Waals surface area contributed by atoms with E-state index in [1.165, 1.54) is 10.8 Å². The Morgan fingerprint density at radius 1 is 0.314 bits per heavy atom. The van der Waals surface area contributed by atoms with Crippen LogP contribution in [-0.2, 0) is 0 Å². The van der Waals surface area contributed by atoms with Gasteiger partial charge < -0.3 is 8.98 Å². The molecule has 0 amide bonds. The molecule has 0 saturated heterocycles. The van der Waals surface area contributed by atoms with E-state index >= 15 is 0 Å². The molecule has 70 heavy (non-hydrogen) atoms. The van der Waals surface area contributed by atoms with Crippen LogP contribution in [0.3, 0.4) is 0 Å². The molecule has 0 fully saturated rings. The third-order valence-electron chi connectivity index (χ3n) is 13.8. The first-order chi connectivity index (χ1) is 34.7. The number of pyridine rings is 1. The minimum Gasteiger partial charge on any atom is -0.456 e. The van der Waals surface area contributed by atoms with Crippen molar-refractivity contribution in [3.8, 4) is 73.1 Å². The Bertz CT molecular complexity index is 4310. The second-order valence-corrected chi connectivity index (χ2v) is 17.9. The molecule has 0 aliphatic carbocycles. The molecule has 5 heteroatoms. The molecule has 0 spiro atoms. The molecule has 0 unspecified atom stereocenters. The molecule has 14 rings (SSSR count). The topological polar surface area (TPSA) is 56.7 Å². The summed E-state index contributed by atoms with van der Waals surface area (Å²) in [5, 5.41) is 7.92. The van der Waals surface area contributed by atoms with Gasteiger partial charge in [0.25, 0.3) is 0 Å². The summed E-state index contributed by atoms with van der Waals surface area (Å²) in [5.74, 6) is 0.662. The molecule has 4 heterocycles. The minimum atomic E-state index is 0.662. The van der Waals surface area contributed by atoms with Crippen LogP contribution in [0.25, 0.3) is 139 Å². The highest BCUT2D eigenvalue weighted by Crippen LogP contribution is 2.47. The van der Waals surface area contributed by atoms with E-state index in [9.17, 15) is 0 Å². The van der Waals surface area contributed by atoms with Gasteiger partial charge in [0.2, 0.25) is 0 Å². The van der Waals surface area contributed by atoms with E-state index in [4.69, 9.17) is 19.4 Å². The molecule has 0 atom stereocenters. The molecule has 0 radical (unpaired) electrons. The number of hydrogen-bond acceptors (Lipinski definition) is 4. The Morgan fingerprint density at radius 2 is 0.857 bits per heavy atom. The summed E-state index contributed by atoms with van der Waals surface area (Å²) in [6.45, 7) is 0. The van der Waals surface area contributed by atoms with Gasteiger partial charge in [-0.05, 0) is 77.4 Å². The zero-order valence-corrected chi connectivity index (χ0v) is 37.8. The van der Waals surface area contributed by atoms with Crippen LogP contribution >= 0.6 is 0 Å². The van der Waals surface area contributed by atoms with Crippen LogP contribution in [0.2, 0.25) is 0 Å². The maximum absolute atomic E-state index is 6.71. The predicted octanol–water partition coefficient (Wildman–Crippen LogP) is 17.2. The first-order valence-electron chi connectivity index (χ1n) is 23.7. The zero-order valence-electron chi connectivity index (χ0n) is 37.8. The second-order valence-electron chi connectivity index (χ2n) is 17.9. The Labute approximate surface area is 403 Å². The molecule has 0 bridgehead atoms. The average Bonchev–Trinajstić information content (AvgIpc) is 3.98. The van der Waals surface area contributed by atoms with Crippen molar-refractivity contribution in [2.45, 2.75) is 0 Å². The smallest absolute Gasteiger partial charge is 0.160 e. The van der Waals surface area contributed by atoms with Gasteiger partial charge >= 0.3 is 0 Å². The number of furan rings is 1. The Hall–Kier alpha value is -9.45. The van der Waals surface area contributed by atoms with Crippen LogP contribution in [-0.4, -0.2) is 19.5 Å². The number of nitrogens with zero attached hydrogens (tertiary/aromatic N) is 4. The quantitative estimate of drug-likeness (QED) is 0.150. The summed E-state index contributed by atoms with van der Waals surface area (Å²) in [4.78, 5) is 15.9. The van der Waals surface area contributed by atoms with Crippen LogP contribution in [0.4, 0.5) is 0 Å². The summed E-state index contributed by atoms with van der Waals surface area (Å²) >= 11 is 0. The van der Waals surface area contributed by atoms with Crippen LogP contribution in [0.15, 0.2) is 247 Å². The number of fused-ring (bicyclic) bond motifs is 9. The number of para-hydroxylation sites is 4. The monoisotopic (exact) mass is 892 g/mol. The molecule has 0 aliphatic rings. The SMILES string of the molecule is c1ccc(-c2cc(-c3cccc(-c4cccc(-c5c6c(cc7c(-c8ccccc8)nc8ccccc8c57)oc5ccccc56)c4)c3)nc(-c3cccc(-n4c5ccccc5c5ccccc54)c3)n2)cc1. The minimum absolute atomic E-state index is 0.662. The van der Waals surface area contributed by atoms with Crippen LogP contribution < -0.4 is 0 Å². The molecular weight excluding hydrogens is 853 g/mol. The number of rotatable bonds is 7. The lowest BCUT2D eigenvalue weighted by Gasteiger charge is -2.16. The van der Waals surface area contributed by atoms with E-state index in [1.54, 1.807) is 0 Å².